The molecule has 0 fully saturated rings. The third-order valence-corrected chi connectivity index (χ3v) is 4.80. The van der Waals surface area contributed by atoms with Crippen LogP contribution in [0.2, 0.25) is 0 Å². The van der Waals surface area contributed by atoms with Gasteiger partial charge in [0.1, 0.15) is 17.9 Å². The molecule has 3 aromatic heterocycles. The number of para-hydroxylation sites is 1. The minimum atomic E-state index is 0.328. The number of nitrogens with one attached hydrogen (secondary N) is 1. The molecule has 0 unspecified atom stereocenters. The van der Waals surface area contributed by atoms with Crippen LogP contribution in [0.3, 0.4) is 0 Å². The van der Waals surface area contributed by atoms with Gasteiger partial charge < -0.3 is 14.8 Å². The summed E-state index contributed by atoms with van der Waals surface area (Å²) in [7, 11) is 1.62. The molecule has 5 rings (SSSR count). The van der Waals surface area contributed by atoms with E-state index in [1.165, 1.54) is 0 Å². The fourth-order valence-electron chi connectivity index (χ4n) is 3.28. The van der Waals surface area contributed by atoms with E-state index in [4.69, 9.17) is 9.47 Å². The number of hydrogen-bond donors (Lipinski definition) is 1. The molecule has 3 heterocycles. The molecule has 0 bridgehead atoms. The lowest BCUT2D eigenvalue weighted by Gasteiger charge is -2.13. The van der Waals surface area contributed by atoms with Gasteiger partial charge in [0.15, 0.2) is 17.1 Å². The van der Waals surface area contributed by atoms with Crippen LogP contribution >= 0.6 is 0 Å². The first-order valence-corrected chi connectivity index (χ1v) is 9.79. The molecular weight excluding hydrogens is 390 g/mol. The van der Waals surface area contributed by atoms with Crippen molar-refractivity contribution < 1.29 is 9.47 Å². The average molecular weight is 409 g/mol. The predicted molar refractivity (Wildman–Crippen MR) is 120 cm³/mol. The molecule has 0 aliphatic heterocycles. The largest absolute Gasteiger partial charge is 0.493 e. The predicted octanol–water partition coefficient (Wildman–Crippen LogP) is 4.90. The average Bonchev–Trinajstić information content (AvgIpc) is 2.82. The molecule has 0 atom stereocenters. The number of aromatic nitrogens is 4. The summed E-state index contributed by atoms with van der Waals surface area (Å²) in [6, 6.07) is 21.4. The third-order valence-electron chi connectivity index (χ3n) is 4.80. The number of pyridine rings is 2. The second-order valence-electron chi connectivity index (χ2n) is 6.87. The minimum Gasteiger partial charge on any atom is -0.493 e. The fraction of sp³-hybridized carbons (Fsp3) is 0.0833. The number of benzene rings is 2. The Hall–Kier alpha value is -4.26. The summed E-state index contributed by atoms with van der Waals surface area (Å²) in [5.74, 6) is 1.92. The molecule has 7 heteroatoms. The molecule has 31 heavy (non-hydrogen) atoms. The van der Waals surface area contributed by atoms with Gasteiger partial charge in [-0.2, -0.15) is 0 Å². The Morgan fingerprint density at radius 3 is 2.65 bits per heavy atom. The first-order valence-electron chi connectivity index (χ1n) is 9.79. The Balaban J connectivity index is 1.36. The van der Waals surface area contributed by atoms with E-state index < -0.39 is 0 Å². The van der Waals surface area contributed by atoms with E-state index >= 15 is 0 Å². The number of anilines is 2. The van der Waals surface area contributed by atoms with Crippen molar-refractivity contribution in [1.29, 1.82) is 0 Å². The number of nitrogens with zero attached hydrogens (tertiary/aromatic N) is 4. The van der Waals surface area contributed by atoms with Gasteiger partial charge in [0.05, 0.1) is 18.3 Å². The molecule has 0 saturated heterocycles. The monoisotopic (exact) mass is 409 g/mol. The second-order valence-corrected chi connectivity index (χ2v) is 6.87. The molecule has 5 aromatic rings. The lowest BCUT2D eigenvalue weighted by atomic mass is 10.2. The zero-order valence-corrected chi connectivity index (χ0v) is 16.8. The Bertz CT molecular complexity index is 1370. The Morgan fingerprint density at radius 1 is 0.806 bits per heavy atom. The van der Waals surface area contributed by atoms with Gasteiger partial charge in [-0.3, -0.25) is 4.98 Å². The van der Waals surface area contributed by atoms with Gasteiger partial charge in [-0.15, -0.1) is 0 Å². The van der Waals surface area contributed by atoms with Gasteiger partial charge >= 0.3 is 0 Å². The summed E-state index contributed by atoms with van der Waals surface area (Å²) in [5.41, 5.74) is 3.93. The highest BCUT2D eigenvalue weighted by atomic mass is 16.5. The van der Waals surface area contributed by atoms with E-state index in [-0.39, 0.29) is 0 Å². The molecule has 1 N–H and O–H groups in total. The van der Waals surface area contributed by atoms with Crippen molar-refractivity contribution in [1.82, 2.24) is 19.9 Å². The molecule has 152 valence electrons. The van der Waals surface area contributed by atoms with Crippen molar-refractivity contribution in [2.24, 2.45) is 0 Å². The first-order chi connectivity index (χ1) is 15.3. The summed E-state index contributed by atoms with van der Waals surface area (Å²) < 4.78 is 11.5. The van der Waals surface area contributed by atoms with Crippen molar-refractivity contribution in [3.8, 4) is 11.5 Å². The Morgan fingerprint density at radius 2 is 1.71 bits per heavy atom. The van der Waals surface area contributed by atoms with Crippen LogP contribution in [0.15, 0.2) is 79.1 Å². The molecule has 0 radical (unpaired) electrons. The van der Waals surface area contributed by atoms with Crippen LogP contribution in [0.1, 0.15) is 5.69 Å². The zero-order chi connectivity index (χ0) is 21.0. The summed E-state index contributed by atoms with van der Waals surface area (Å²) in [6.07, 6.45) is 3.27. The topological polar surface area (TPSA) is 82.0 Å². The van der Waals surface area contributed by atoms with Gasteiger partial charge in [0, 0.05) is 29.5 Å². The van der Waals surface area contributed by atoms with Gasteiger partial charge in [-0.05, 0) is 36.4 Å². The standard InChI is InChI=1S/C24H19N5O2/c1-30-21-10-8-17(28-23-11-9-20-24(29-23)26-13-12-25-20)14-22(21)31-15-18-7-6-16-4-2-3-5-19(16)27-18/h2-14H,15H2,1H3,(H,26,28,29). The Labute approximate surface area is 178 Å². The molecule has 0 aliphatic rings. The summed E-state index contributed by atoms with van der Waals surface area (Å²) in [5, 5.41) is 4.38. The highest BCUT2D eigenvalue weighted by molar-refractivity contribution is 5.78. The number of fused-ring (bicyclic) bond motifs is 2. The first kappa shape index (κ1) is 18.7. The maximum atomic E-state index is 6.04. The van der Waals surface area contributed by atoms with Crippen LogP contribution in [-0.4, -0.2) is 27.0 Å². The molecule has 2 aromatic carbocycles. The summed E-state index contributed by atoms with van der Waals surface area (Å²) >= 11 is 0. The Kier molecular flexibility index (Phi) is 4.98. The highest BCUT2D eigenvalue weighted by Gasteiger charge is 2.09. The van der Waals surface area contributed by atoms with Crippen LogP contribution in [0.4, 0.5) is 11.5 Å². The molecule has 0 spiro atoms. The van der Waals surface area contributed by atoms with Crippen LogP contribution in [0.25, 0.3) is 22.1 Å². The molecule has 0 saturated carbocycles. The van der Waals surface area contributed by atoms with Crippen LogP contribution in [0.5, 0.6) is 11.5 Å². The second kappa shape index (κ2) is 8.23. The lowest BCUT2D eigenvalue weighted by Crippen LogP contribution is -2.01. The smallest absolute Gasteiger partial charge is 0.180 e. The third kappa shape index (κ3) is 4.06. The van der Waals surface area contributed by atoms with Crippen molar-refractivity contribution in [3.63, 3.8) is 0 Å². The van der Waals surface area contributed by atoms with Gasteiger partial charge in [-0.25, -0.2) is 15.0 Å². The molecule has 7 nitrogen and oxygen atoms in total. The lowest BCUT2D eigenvalue weighted by molar-refractivity contribution is 0.281. The molecule has 0 aliphatic carbocycles. The number of rotatable bonds is 6. The van der Waals surface area contributed by atoms with E-state index in [9.17, 15) is 0 Å². The van der Waals surface area contributed by atoms with Crippen molar-refractivity contribution in [2.75, 3.05) is 12.4 Å². The van der Waals surface area contributed by atoms with Crippen molar-refractivity contribution in [2.45, 2.75) is 6.61 Å². The van der Waals surface area contributed by atoms with Gasteiger partial charge in [-0.1, -0.05) is 24.3 Å². The minimum absolute atomic E-state index is 0.328. The normalized spacial score (nSPS) is 10.9. The van der Waals surface area contributed by atoms with Gasteiger partial charge in [0.25, 0.3) is 0 Å². The number of methoxy groups -OCH3 is 1. The van der Waals surface area contributed by atoms with Crippen LogP contribution < -0.4 is 14.8 Å². The van der Waals surface area contributed by atoms with Gasteiger partial charge in [0.2, 0.25) is 0 Å². The zero-order valence-electron chi connectivity index (χ0n) is 16.8. The van der Waals surface area contributed by atoms with Crippen LogP contribution in [-0.2, 0) is 6.61 Å². The fourth-order valence-corrected chi connectivity index (χ4v) is 3.28. The molecular formula is C24H19N5O2. The van der Waals surface area contributed by atoms with E-state index in [0.29, 0.717) is 29.6 Å². The van der Waals surface area contributed by atoms with E-state index in [2.05, 4.69) is 25.3 Å². The highest BCUT2D eigenvalue weighted by Crippen LogP contribution is 2.32. The van der Waals surface area contributed by atoms with E-state index in [1.807, 2.05) is 66.7 Å². The van der Waals surface area contributed by atoms with E-state index in [0.717, 1.165) is 27.8 Å². The maximum absolute atomic E-state index is 6.04. The van der Waals surface area contributed by atoms with E-state index in [1.54, 1.807) is 19.5 Å². The quantitative estimate of drug-likeness (QED) is 0.427. The number of hydrogen-bond acceptors (Lipinski definition) is 7. The maximum Gasteiger partial charge on any atom is 0.180 e. The SMILES string of the molecule is COc1ccc(Nc2ccc3nccnc3n2)cc1OCc1ccc2ccccc2n1. The van der Waals surface area contributed by atoms with Crippen LogP contribution in [0, 0.1) is 0 Å². The van der Waals surface area contributed by atoms with Crippen molar-refractivity contribution >= 4 is 33.6 Å². The molecule has 0 amide bonds. The van der Waals surface area contributed by atoms with Crippen molar-refractivity contribution in [3.05, 3.63) is 84.8 Å². The summed E-state index contributed by atoms with van der Waals surface area (Å²) in [4.78, 5) is 17.6. The number of ether oxygens (including phenoxy) is 2. The summed E-state index contributed by atoms with van der Waals surface area (Å²) in [6.45, 7) is 0.328.